The van der Waals surface area contributed by atoms with E-state index >= 15 is 0 Å². The van der Waals surface area contributed by atoms with Gasteiger partial charge in [0.1, 0.15) is 0 Å². The number of carboxylic acids is 1. The van der Waals surface area contributed by atoms with E-state index in [-0.39, 0.29) is 18.7 Å². The summed E-state index contributed by atoms with van der Waals surface area (Å²) >= 11 is 0. The van der Waals surface area contributed by atoms with Crippen molar-refractivity contribution >= 4 is 16.0 Å². The number of aryl methyl sites for hydroxylation is 1. The normalized spacial score (nSPS) is 13.1. The lowest BCUT2D eigenvalue weighted by Crippen LogP contribution is -2.32. The summed E-state index contributed by atoms with van der Waals surface area (Å²) in [7, 11) is -3.70. The predicted octanol–water partition coefficient (Wildman–Crippen LogP) is -0.588. The Morgan fingerprint density at radius 3 is 2.48 bits per heavy atom. The number of nitrogens with two attached hydrogens (primary N) is 1. The molecule has 9 heteroatoms. The van der Waals surface area contributed by atoms with Gasteiger partial charge in [0, 0.05) is 17.9 Å². The number of rotatable bonds is 6. The molecule has 1 unspecified atom stereocenters. The van der Waals surface area contributed by atoms with Gasteiger partial charge in [0.25, 0.3) is 0 Å². The van der Waals surface area contributed by atoms with E-state index in [0.29, 0.717) is 17.0 Å². The minimum atomic E-state index is -3.70. The summed E-state index contributed by atoms with van der Waals surface area (Å²) in [5, 5.41) is 13.9. The van der Waals surface area contributed by atoms with Crippen LogP contribution in [0.4, 0.5) is 0 Å². The van der Waals surface area contributed by atoms with Crippen LogP contribution >= 0.6 is 0 Å². The summed E-state index contributed by atoms with van der Waals surface area (Å²) in [6, 6.07) is 0. The molecule has 0 aromatic carbocycles. The van der Waals surface area contributed by atoms with Crippen LogP contribution in [-0.4, -0.2) is 34.8 Å². The van der Waals surface area contributed by atoms with Crippen molar-refractivity contribution in [3.63, 3.8) is 0 Å². The van der Waals surface area contributed by atoms with Gasteiger partial charge in [0.2, 0.25) is 10.0 Å². The van der Waals surface area contributed by atoms with E-state index in [4.69, 9.17) is 10.2 Å². The number of carbonyl (C=O) groups is 1. The largest absolute Gasteiger partial charge is 0.481 e. The first-order valence-electron chi connectivity index (χ1n) is 6.33. The molecule has 1 atom stereocenters. The van der Waals surface area contributed by atoms with Crippen molar-refractivity contribution in [1.29, 1.82) is 0 Å². The molecule has 0 amide bonds. The molecule has 0 radical (unpaired) electrons. The van der Waals surface area contributed by atoms with Gasteiger partial charge in [-0.05, 0) is 25.8 Å². The third-order valence-corrected chi connectivity index (χ3v) is 4.06. The first-order valence-corrected chi connectivity index (χ1v) is 8.04. The lowest BCUT2D eigenvalue weighted by atomic mass is 9.99. The van der Waals surface area contributed by atoms with Gasteiger partial charge in [-0.2, -0.15) is 4.98 Å². The third-order valence-electron chi connectivity index (χ3n) is 3.30. The van der Waals surface area contributed by atoms with Crippen LogP contribution in [0.25, 0.3) is 0 Å². The Hall–Kier alpha value is -1.74. The lowest BCUT2D eigenvalue weighted by molar-refractivity contribution is -0.141. The second-order valence-electron chi connectivity index (χ2n) is 5.01. The molecule has 0 aliphatic heterocycles. The molecule has 0 bridgehead atoms. The maximum Gasteiger partial charge on any atom is 0.348 e. The summed E-state index contributed by atoms with van der Waals surface area (Å²) in [5.74, 6) is -1.96. The molecule has 8 nitrogen and oxygen atoms in total. The molecular formula is C12H19N3O5S. The van der Waals surface area contributed by atoms with E-state index in [9.17, 15) is 18.0 Å². The number of aliphatic carboxylic acids is 1. The number of sulfonamides is 1. The Morgan fingerprint density at radius 1 is 1.43 bits per heavy atom. The first kappa shape index (κ1) is 17.3. The van der Waals surface area contributed by atoms with Crippen LogP contribution in [-0.2, 0) is 27.8 Å². The molecule has 0 fully saturated rings. The first-order chi connectivity index (χ1) is 9.53. The lowest BCUT2D eigenvalue weighted by Gasteiger charge is -2.16. The molecule has 118 valence electrons. The zero-order valence-electron chi connectivity index (χ0n) is 12.2. The Morgan fingerprint density at radius 2 is 2.00 bits per heavy atom. The number of carboxylic acid groups (broad SMARTS) is 1. The van der Waals surface area contributed by atoms with Gasteiger partial charge < -0.3 is 5.11 Å². The zero-order valence-corrected chi connectivity index (χ0v) is 13.0. The number of hydrogen-bond acceptors (Lipinski definition) is 5. The van der Waals surface area contributed by atoms with Gasteiger partial charge in [0.15, 0.2) is 0 Å². The number of nitrogens with zero attached hydrogens (tertiary/aromatic N) is 2. The Bertz CT molecular complexity index is 708. The topological polar surface area (TPSA) is 132 Å². The van der Waals surface area contributed by atoms with E-state index in [0.717, 1.165) is 0 Å². The molecular weight excluding hydrogens is 298 g/mol. The zero-order chi connectivity index (χ0) is 16.4. The Kier molecular flexibility index (Phi) is 5.24. The predicted molar refractivity (Wildman–Crippen MR) is 76.4 cm³/mol. The highest BCUT2D eigenvalue weighted by molar-refractivity contribution is 7.89. The van der Waals surface area contributed by atoms with Gasteiger partial charge in [-0.3, -0.25) is 9.36 Å². The van der Waals surface area contributed by atoms with Gasteiger partial charge in [0.05, 0.1) is 11.7 Å². The average molecular weight is 317 g/mol. The van der Waals surface area contributed by atoms with Crippen LogP contribution in [0.3, 0.4) is 0 Å². The number of hydrogen-bond donors (Lipinski definition) is 2. The molecule has 0 aliphatic rings. The second-order valence-corrected chi connectivity index (χ2v) is 6.74. The Labute approximate surface area is 122 Å². The standard InChI is InChI=1S/C12H19N3O5S/c1-7(11(16)17)6-10-8(2)14-12(18)15(9(10)3)4-5-21(13,19)20/h7H,4-6H2,1-3H3,(H,16,17)(H2,13,19,20). The quantitative estimate of drug-likeness (QED) is 0.720. The molecule has 1 rings (SSSR count). The van der Waals surface area contributed by atoms with E-state index in [1.54, 1.807) is 20.8 Å². The maximum atomic E-state index is 11.8. The fourth-order valence-corrected chi connectivity index (χ4v) is 2.45. The van der Waals surface area contributed by atoms with E-state index < -0.39 is 27.6 Å². The summed E-state index contributed by atoms with van der Waals surface area (Å²) < 4.78 is 23.2. The molecule has 21 heavy (non-hydrogen) atoms. The van der Waals surface area contributed by atoms with Crippen molar-refractivity contribution in [3.05, 3.63) is 27.4 Å². The molecule has 1 aromatic heterocycles. The monoisotopic (exact) mass is 317 g/mol. The van der Waals surface area contributed by atoms with E-state index in [2.05, 4.69) is 4.98 Å². The summed E-state index contributed by atoms with van der Waals surface area (Å²) in [6.07, 6.45) is 0.218. The highest BCUT2D eigenvalue weighted by Gasteiger charge is 2.18. The maximum absolute atomic E-state index is 11.8. The van der Waals surface area contributed by atoms with Crippen molar-refractivity contribution < 1.29 is 18.3 Å². The van der Waals surface area contributed by atoms with Crippen LogP contribution in [0.5, 0.6) is 0 Å². The van der Waals surface area contributed by atoms with Gasteiger partial charge in [-0.15, -0.1) is 0 Å². The van der Waals surface area contributed by atoms with Crippen LogP contribution in [0, 0.1) is 19.8 Å². The number of primary sulfonamides is 1. The van der Waals surface area contributed by atoms with Crippen LogP contribution < -0.4 is 10.8 Å². The molecule has 1 heterocycles. The fourth-order valence-electron chi connectivity index (χ4n) is 2.01. The second kappa shape index (κ2) is 6.35. The molecule has 0 saturated heterocycles. The highest BCUT2D eigenvalue weighted by atomic mass is 32.2. The van der Waals surface area contributed by atoms with Gasteiger partial charge >= 0.3 is 11.7 Å². The smallest absolute Gasteiger partial charge is 0.348 e. The fraction of sp³-hybridized carbons (Fsp3) is 0.583. The van der Waals surface area contributed by atoms with Gasteiger partial charge in [-0.1, -0.05) is 6.92 Å². The molecule has 0 saturated carbocycles. The van der Waals surface area contributed by atoms with Crippen molar-refractivity contribution in [3.8, 4) is 0 Å². The van der Waals surface area contributed by atoms with Crippen molar-refractivity contribution in [2.45, 2.75) is 33.7 Å². The van der Waals surface area contributed by atoms with E-state index in [1.165, 1.54) is 4.57 Å². The highest BCUT2D eigenvalue weighted by Crippen LogP contribution is 2.15. The van der Waals surface area contributed by atoms with Crippen LogP contribution in [0.15, 0.2) is 4.79 Å². The van der Waals surface area contributed by atoms with Gasteiger partial charge in [-0.25, -0.2) is 18.4 Å². The molecule has 1 aromatic rings. The van der Waals surface area contributed by atoms with E-state index in [1.807, 2.05) is 0 Å². The minimum Gasteiger partial charge on any atom is -0.481 e. The van der Waals surface area contributed by atoms with Crippen LogP contribution in [0.1, 0.15) is 23.9 Å². The van der Waals surface area contributed by atoms with Crippen molar-refractivity contribution in [2.75, 3.05) is 5.75 Å². The number of aromatic nitrogens is 2. The molecule has 0 spiro atoms. The summed E-state index contributed by atoms with van der Waals surface area (Å²) in [5.41, 5.74) is 1.04. The molecule has 0 aliphatic carbocycles. The SMILES string of the molecule is Cc1nc(=O)n(CCS(N)(=O)=O)c(C)c1CC(C)C(=O)O. The van der Waals surface area contributed by atoms with Crippen molar-refractivity contribution in [1.82, 2.24) is 9.55 Å². The van der Waals surface area contributed by atoms with Crippen molar-refractivity contribution in [2.24, 2.45) is 11.1 Å². The third kappa shape index (κ3) is 4.64. The van der Waals surface area contributed by atoms with Crippen LogP contribution in [0.2, 0.25) is 0 Å². The Balaban J connectivity index is 3.22. The summed E-state index contributed by atoms with van der Waals surface area (Å²) in [4.78, 5) is 26.6. The average Bonchev–Trinajstić information content (AvgIpc) is 2.32. The minimum absolute atomic E-state index is 0.106. The summed E-state index contributed by atoms with van der Waals surface area (Å²) in [6.45, 7) is 4.72. The molecule has 3 N–H and O–H groups in total.